The topological polar surface area (TPSA) is 89.1 Å². The van der Waals surface area contributed by atoms with Crippen LogP contribution in [0, 0.1) is 5.41 Å². The predicted octanol–water partition coefficient (Wildman–Crippen LogP) is 3.68. The fraction of sp³-hybridized carbons (Fsp3) is 0.133. The summed E-state index contributed by atoms with van der Waals surface area (Å²) in [5.41, 5.74) is 6.79. The molecule has 0 saturated carbocycles. The Kier molecular flexibility index (Phi) is 5.00. The van der Waals surface area contributed by atoms with Gasteiger partial charge in [-0.05, 0) is 25.1 Å². The highest BCUT2D eigenvalue weighted by Crippen LogP contribution is 2.33. The lowest BCUT2D eigenvalue weighted by molar-refractivity contribution is -0.102. The molecule has 1 heterocycles. The number of pyridine rings is 1. The van der Waals surface area contributed by atoms with E-state index in [4.69, 9.17) is 39.1 Å². The largest absolute Gasteiger partial charge is 0.486 e. The standard InChI is InChI=1S/C15H13Cl2N3O2/c1-8(15-11(16)5-20-6-12(15)17)22-9-2-3-13(18)10(4-9)14(19)7-21/h2-8,19H,18H2,1H3. The van der Waals surface area contributed by atoms with Gasteiger partial charge in [-0.2, -0.15) is 0 Å². The lowest BCUT2D eigenvalue weighted by atomic mass is 10.1. The van der Waals surface area contributed by atoms with E-state index in [9.17, 15) is 4.79 Å². The van der Waals surface area contributed by atoms with Gasteiger partial charge in [0.05, 0.1) is 10.0 Å². The molecule has 0 spiro atoms. The van der Waals surface area contributed by atoms with Crippen LogP contribution < -0.4 is 10.5 Å². The molecule has 5 nitrogen and oxygen atoms in total. The number of hydrogen-bond acceptors (Lipinski definition) is 5. The molecule has 114 valence electrons. The van der Waals surface area contributed by atoms with Gasteiger partial charge >= 0.3 is 0 Å². The van der Waals surface area contributed by atoms with Gasteiger partial charge in [-0.1, -0.05) is 23.2 Å². The van der Waals surface area contributed by atoms with Crippen molar-refractivity contribution in [2.75, 3.05) is 5.73 Å². The van der Waals surface area contributed by atoms with Gasteiger partial charge in [0.2, 0.25) is 0 Å². The summed E-state index contributed by atoms with van der Waals surface area (Å²) in [7, 11) is 0. The molecule has 2 aromatic rings. The molecule has 1 aromatic carbocycles. The smallest absolute Gasteiger partial charge is 0.168 e. The van der Waals surface area contributed by atoms with Crippen molar-refractivity contribution in [3.05, 3.63) is 51.8 Å². The first-order valence-corrected chi connectivity index (χ1v) is 7.08. The molecule has 0 aliphatic rings. The Hall–Kier alpha value is -2.11. The minimum Gasteiger partial charge on any atom is -0.486 e. The summed E-state index contributed by atoms with van der Waals surface area (Å²) < 4.78 is 5.79. The van der Waals surface area contributed by atoms with Gasteiger partial charge in [-0.3, -0.25) is 15.2 Å². The molecule has 0 fully saturated rings. The Morgan fingerprint density at radius 3 is 2.59 bits per heavy atom. The first-order chi connectivity index (χ1) is 10.4. The van der Waals surface area contributed by atoms with Crippen molar-refractivity contribution in [1.82, 2.24) is 4.98 Å². The van der Waals surface area contributed by atoms with Crippen LogP contribution in [-0.4, -0.2) is 17.0 Å². The monoisotopic (exact) mass is 337 g/mol. The molecule has 2 rings (SSSR count). The molecule has 1 unspecified atom stereocenters. The lowest BCUT2D eigenvalue weighted by Crippen LogP contribution is -2.08. The number of nitrogens with one attached hydrogen (secondary N) is 1. The number of rotatable bonds is 5. The van der Waals surface area contributed by atoms with E-state index < -0.39 is 6.10 Å². The third-order valence-electron chi connectivity index (χ3n) is 3.04. The molecule has 0 saturated heterocycles. The number of ether oxygens (including phenoxy) is 1. The lowest BCUT2D eigenvalue weighted by Gasteiger charge is -2.18. The predicted molar refractivity (Wildman–Crippen MR) is 87.0 cm³/mol. The summed E-state index contributed by atoms with van der Waals surface area (Å²) in [6, 6.07) is 4.76. The molecule has 0 bridgehead atoms. The van der Waals surface area contributed by atoms with E-state index in [1.165, 1.54) is 18.5 Å². The van der Waals surface area contributed by atoms with E-state index in [2.05, 4.69) is 4.98 Å². The van der Waals surface area contributed by atoms with Crippen molar-refractivity contribution in [1.29, 1.82) is 5.41 Å². The number of nitrogens with two attached hydrogens (primary N) is 1. The highest BCUT2D eigenvalue weighted by atomic mass is 35.5. The summed E-state index contributed by atoms with van der Waals surface area (Å²) in [4.78, 5) is 14.6. The quantitative estimate of drug-likeness (QED) is 0.494. The maximum Gasteiger partial charge on any atom is 0.168 e. The number of nitrogens with zero attached hydrogens (tertiary/aromatic N) is 1. The van der Waals surface area contributed by atoms with Crippen molar-refractivity contribution in [3.63, 3.8) is 0 Å². The van der Waals surface area contributed by atoms with Gasteiger partial charge in [0.1, 0.15) is 17.6 Å². The zero-order valence-corrected chi connectivity index (χ0v) is 13.2. The maximum absolute atomic E-state index is 10.7. The van der Waals surface area contributed by atoms with Crippen molar-refractivity contribution in [2.45, 2.75) is 13.0 Å². The molecule has 3 N–H and O–H groups in total. The number of anilines is 1. The Balaban J connectivity index is 2.31. The summed E-state index contributed by atoms with van der Waals surface area (Å²) in [5, 5.41) is 8.38. The number of carbonyl (C=O) groups excluding carboxylic acids is 1. The minimum absolute atomic E-state index is 0.212. The molecular weight excluding hydrogens is 325 g/mol. The van der Waals surface area contributed by atoms with E-state index in [1.807, 2.05) is 0 Å². The van der Waals surface area contributed by atoms with E-state index in [-0.39, 0.29) is 5.71 Å². The fourth-order valence-electron chi connectivity index (χ4n) is 1.98. The van der Waals surface area contributed by atoms with Gasteiger partial charge in [0.15, 0.2) is 6.29 Å². The second-order valence-electron chi connectivity index (χ2n) is 4.56. The van der Waals surface area contributed by atoms with Crippen LogP contribution in [0.25, 0.3) is 0 Å². The Morgan fingerprint density at radius 2 is 2.00 bits per heavy atom. The average molecular weight is 338 g/mol. The molecule has 7 heteroatoms. The van der Waals surface area contributed by atoms with E-state index in [0.29, 0.717) is 38.9 Å². The Labute approximate surface area is 137 Å². The maximum atomic E-state index is 10.7. The number of nitrogen functional groups attached to an aromatic ring is 1. The van der Waals surface area contributed by atoms with Gasteiger partial charge in [0, 0.05) is 29.2 Å². The van der Waals surface area contributed by atoms with Crippen LogP contribution in [-0.2, 0) is 4.79 Å². The van der Waals surface area contributed by atoms with E-state index in [1.54, 1.807) is 19.1 Å². The van der Waals surface area contributed by atoms with Crippen LogP contribution in [0.3, 0.4) is 0 Å². The van der Waals surface area contributed by atoms with Crippen LogP contribution >= 0.6 is 23.2 Å². The van der Waals surface area contributed by atoms with Crippen LogP contribution in [0.15, 0.2) is 30.6 Å². The SMILES string of the molecule is CC(Oc1ccc(N)c(C(=N)C=O)c1)c1c(Cl)cncc1Cl. The van der Waals surface area contributed by atoms with Gasteiger partial charge in [0.25, 0.3) is 0 Å². The zero-order chi connectivity index (χ0) is 16.3. The first-order valence-electron chi connectivity index (χ1n) is 6.33. The summed E-state index contributed by atoms with van der Waals surface area (Å²) in [6.07, 6.45) is 2.96. The van der Waals surface area contributed by atoms with Crippen LogP contribution in [0.2, 0.25) is 10.0 Å². The number of carbonyl (C=O) groups is 1. The molecule has 0 aliphatic heterocycles. The Morgan fingerprint density at radius 1 is 1.36 bits per heavy atom. The number of halogens is 2. The van der Waals surface area contributed by atoms with Gasteiger partial charge < -0.3 is 10.5 Å². The summed E-state index contributed by atoms with van der Waals surface area (Å²) in [6.45, 7) is 1.79. The number of aldehydes is 1. The number of benzene rings is 1. The fourth-order valence-corrected chi connectivity index (χ4v) is 2.65. The second kappa shape index (κ2) is 6.77. The minimum atomic E-state index is -0.440. The van der Waals surface area contributed by atoms with Crippen molar-refractivity contribution >= 4 is 40.9 Å². The van der Waals surface area contributed by atoms with Gasteiger partial charge in [-0.25, -0.2) is 0 Å². The van der Waals surface area contributed by atoms with Crippen LogP contribution in [0.4, 0.5) is 5.69 Å². The molecule has 0 radical (unpaired) electrons. The molecule has 1 aromatic heterocycles. The average Bonchev–Trinajstić information content (AvgIpc) is 2.48. The number of hydrogen-bond donors (Lipinski definition) is 2. The Bertz CT molecular complexity index is 714. The van der Waals surface area contributed by atoms with Crippen molar-refractivity contribution in [2.24, 2.45) is 0 Å². The molecule has 0 amide bonds. The van der Waals surface area contributed by atoms with Crippen molar-refractivity contribution < 1.29 is 9.53 Å². The molecular formula is C15H13Cl2N3O2. The van der Waals surface area contributed by atoms with Crippen LogP contribution in [0.5, 0.6) is 5.75 Å². The summed E-state index contributed by atoms with van der Waals surface area (Å²) in [5.74, 6) is 0.451. The highest BCUT2D eigenvalue weighted by molar-refractivity contribution is 6.36. The van der Waals surface area contributed by atoms with E-state index >= 15 is 0 Å². The van der Waals surface area contributed by atoms with Crippen molar-refractivity contribution in [3.8, 4) is 5.75 Å². The zero-order valence-electron chi connectivity index (χ0n) is 11.6. The molecule has 1 atom stereocenters. The number of aromatic nitrogens is 1. The first kappa shape index (κ1) is 16.3. The molecule has 0 aliphatic carbocycles. The second-order valence-corrected chi connectivity index (χ2v) is 5.37. The van der Waals surface area contributed by atoms with E-state index in [0.717, 1.165) is 0 Å². The van der Waals surface area contributed by atoms with Crippen LogP contribution in [0.1, 0.15) is 24.2 Å². The highest BCUT2D eigenvalue weighted by Gasteiger charge is 2.16. The third-order valence-corrected chi connectivity index (χ3v) is 3.64. The van der Waals surface area contributed by atoms with Gasteiger partial charge in [-0.15, -0.1) is 0 Å². The normalized spacial score (nSPS) is 11.8. The molecule has 22 heavy (non-hydrogen) atoms. The third kappa shape index (κ3) is 3.37. The summed E-state index contributed by atoms with van der Waals surface area (Å²) >= 11 is 12.2.